The summed E-state index contributed by atoms with van der Waals surface area (Å²) in [5, 5.41) is 21.3. The molecule has 0 radical (unpaired) electrons. The zero-order chi connectivity index (χ0) is 28.1. The van der Waals surface area contributed by atoms with Gasteiger partial charge in [-0.25, -0.2) is 0 Å². The van der Waals surface area contributed by atoms with Crippen LogP contribution in [0.5, 0.6) is 0 Å². The van der Waals surface area contributed by atoms with Crippen molar-refractivity contribution in [3.63, 3.8) is 0 Å². The lowest BCUT2D eigenvalue weighted by Crippen LogP contribution is -2.60. The molecule has 2 N–H and O–H groups in total. The first-order valence-electron chi connectivity index (χ1n) is 15.1. The van der Waals surface area contributed by atoms with Crippen molar-refractivity contribution < 1.29 is 38.7 Å². The van der Waals surface area contributed by atoms with E-state index < -0.39 is 36.7 Å². The van der Waals surface area contributed by atoms with Crippen LogP contribution in [0.2, 0.25) is 0 Å². The number of fused-ring (bicyclic) bond motifs is 5. The van der Waals surface area contributed by atoms with E-state index in [2.05, 4.69) is 19.6 Å². The molecule has 0 aromatic heterocycles. The van der Waals surface area contributed by atoms with Crippen molar-refractivity contribution >= 4 is 11.9 Å². The molecule has 1 aliphatic heterocycles. The quantitative estimate of drug-likeness (QED) is 0.289. The van der Waals surface area contributed by atoms with Crippen LogP contribution in [-0.2, 0) is 28.5 Å². The average molecular weight is 549 g/mol. The molecule has 5 aliphatic rings. The molecule has 220 valence electrons. The summed E-state index contributed by atoms with van der Waals surface area (Å²) in [6.07, 6.45) is 6.53. The molecular weight excluding hydrogens is 500 g/mol. The zero-order valence-corrected chi connectivity index (χ0v) is 24.1. The second kappa shape index (κ2) is 11.1. The van der Waals surface area contributed by atoms with Crippen LogP contribution in [0.3, 0.4) is 0 Å². The molecule has 0 aromatic carbocycles. The standard InChI is InChI=1S/C31H48O8/c1-6-20-8-10-24-23-9-7-21-15-22(39-29-27(35)28(38-19(4)33)26(34)17(2)37-29)11-14-31(21,16-36-18(3)32)25(23)12-13-30(20,24)5/h6,17,20-29,34-35H,1,7-16H2,2-5H3/t17-,20-,21-,22-,23-,24-,25-,26+,27-,28+,29-,30+,31+/m0/s1. The van der Waals surface area contributed by atoms with Crippen LogP contribution in [0.15, 0.2) is 12.7 Å². The molecule has 8 heteroatoms. The largest absolute Gasteiger partial charge is 0.465 e. The van der Waals surface area contributed by atoms with Crippen LogP contribution in [0.4, 0.5) is 0 Å². The molecule has 1 heterocycles. The second-order valence-corrected chi connectivity index (χ2v) is 13.4. The molecule has 0 unspecified atom stereocenters. The monoisotopic (exact) mass is 548 g/mol. The van der Waals surface area contributed by atoms with E-state index in [4.69, 9.17) is 18.9 Å². The molecular formula is C31H48O8. The van der Waals surface area contributed by atoms with Crippen LogP contribution in [0.1, 0.15) is 85.5 Å². The lowest BCUT2D eigenvalue weighted by atomic mass is 9.44. The molecule has 4 aliphatic carbocycles. The van der Waals surface area contributed by atoms with Crippen molar-refractivity contribution in [3.05, 3.63) is 12.7 Å². The maximum atomic E-state index is 12.0. The molecule has 0 spiro atoms. The Morgan fingerprint density at radius 3 is 2.46 bits per heavy atom. The third-order valence-electron chi connectivity index (χ3n) is 11.6. The topological polar surface area (TPSA) is 112 Å². The van der Waals surface area contributed by atoms with Gasteiger partial charge in [0.15, 0.2) is 12.4 Å². The van der Waals surface area contributed by atoms with Crippen molar-refractivity contribution in [1.29, 1.82) is 0 Å². The number of esters is 2. The molecule has 8 nitrogen and oxygen atoms in total. The highest BCUT2D eigenvalue weighted by Gasteiger charge is 2.62. The molecule has 0 bridgehead atoms. The Morgan fingerprint density at radius 1 is 1.00 bits per heavy atom. The van der Waals surface area contributed by atoms with Crippen molar-refractivity contribution in [2.75, 3.05) is 6.61 Å². The summed E-state index contributed by atoms with van der Waals surface area (Å²) in [6, 6.07) is 0. The molecule has 5 fully saturated rings. The van der Waals surface area contributed by atoms with Crippen LogP contribution in [-0.4, -0.2) is 65.6 Å². The van der Waals surface area contributed by atoms with E-state index in [0.717, 1.165) is 32.1 Å². The fraction of sp³-hybridized carbons (Fsp3) is 0.871. The lowest BCUT2D eigenvalue weighted by molar-refractivity contribution is -0.312. The third-order valence-corrected chi connectivity index (χ3v) is 11.6. The molecule has 0 aromatic rings. The number of carbonyl (C=O) groups excluding carboxylic acids is 2. The Balaban J connectivity index is 1.32. The molecule has 13 atom stereocenters. The maximum Gasteiger partial charge on any atom is 0.303 e. The number of aliphatic hydroxyl groups excluding tert-OH is 2. The highest BCUT2D eigenvalue weighted by molar-refractivity contribution is 5.66. The Morgan fingerprint density at radius 2 is 1.77 bits per heavy atom. The molecule has 5 rings (SSSR count). The van der Waals surface area contributed by atoms with Gasteiger partial charge in [-0.2, -0.15) is 0 Å². The van der Waals surface area contributed by atoms with Gasteiger partial charge in [0, 0.05) is 19.3 Å². The SMILES string of the molecule is C=C[C@H]1CC[C@H]2[C@@H]3CC[C@H]4C[C@@H](O[C@@H]5O[C@@H](C)[C@@H](O)[C@@H](OC(C)=O)[C@@H]5O)CC[C@]4(COC(C)=O)[C@H]3CC[C@]12C. The van der Waals surface area contributed by atoms with Gasteiger partial charge in [-0.3, -0.25) is 9.59 Å². The van der Waals surface area contributed by atoms with E-state index in [1.807, 2.05) is 0 Å². The highest BCUT2D eigenvalue weighted by atomic mass is 16.7. The van der Waals surface area contributed by atoms with Crippen molar-refractivity contribution in [3.8, 4) is 0 Å². The third kappa shape index (κ3) is 5.08. The summed E-state index contributed by atoms with van der Waals surface area (Å²) < 4.78 is 23.2. The van der Waals surface area contributed by atoms with E-state index in [-0.39, 0.29) is 17.5 Å². The van der Waals surface area contributed by atoms with Gasteiger partial charge in [0.05, 0.1) is 18.8 Å². The van der Waals surface area contributed by atoms with Crippen LogP contribution in [0.25, 0.3) is 0 Å². The van der Waals surface area contributed by atoms with Gasteiger partial charge in [-0.1, -0.05) is 13.0 Å². The fourth-order valence-corrected chi connectivity index (χ4v) is 9.71. The molecule has 39 heavy (non-hydrogen) atoms. The summed E-state index contributed by atoms with van der Waals surface area (Å²) in [5.41, 5.74) is 0.269. The summed E-state index contributed by atoms with van der Waals surface area (Å²) in [7, 11) is 0. The van der Waals surface area contributed by atoms with Gasteiger partial charge >= 0.3 is 11.9 Å². The van der Waals surface area contributed by atoms with Crippen molar-refractivity contribution in [2.45, 2.75) is 122 Å². The summed E-state index contributed by atoms with van der Waals surface area (Å²) in [4.78, 5) is 23.6. The van der Waals surface area contributed by atoms with Gasteiger partial charge < -0.3 is 29.2 Å². The number of hydrogen-bond acceptors (Lipinski definition) is 8. The Kier molecular flexibility index (Phi) is 8.24. The Bertz CT molecular complexity index is 938. The fourth-order valence-electron chi connectivity index (χ4n) is 9.71. The van der Waals surface area contributed by atoms with E-state index >= 15 is 0 Å². The predicted octanol–water partition coefficient (Wildman–Crippen LogP) is 4.16. The van der Waals surface area contributed by atoms with Crippen LogP contribution < -0.4 is 0 Å². The number of allylic oxidation sites excluding steroid dienone is 1. The summed E-state index contributed by atoms with van der Waals surface area (Å²) in [6.45, 7) is 11.6. The number of carbonyl (C=O) groups is 2. The van der Waals surface area contributed by atoms with Gasteiger partial charge in [-0.15, -0.1) is 6.58 Å². The Labute approximate surface area is 232 Å². The molecule has 0 amide bonds. The Hall–Kier alpha value is -1.48. The zero-order valence-electron chi connectivity index (χ0n) is 24.1. The number of aliphatic hydroxyl groups is 2. The molecule has 4 saturated carbocycles. The van der Waals surface area contributed by atoms with E-state index in [1.54, 1.807) is 6.92 Å². The lowest BCUT2D eigenvalue weighted by Gasteiger charge is -2.61. The van der Waals surface area contributed by atoms with Crippen molar-refractivity contribution in [1.82, 2.24) is 0 Å². The summed E-state index contributed by atoms with van der Waals surface area (Å²) in [5.74, 6) is 2.02. The average Bonchev–Trinajstić information content (AvgIpc) is 3.24. The minimum atomic E-state index is -1.28. The maximum absolute atomic E-state index is 12.0. The normalized spacial score (nSPS) is 49.2. The molecule has 1 saturated heterocycles. The minimum Gasteiger partial charge on any atom is -0.465 e. The van der Waals surface area contributed by atoms with E-state index in [0.29, 0.717) is 41.6 Å². The van der Waals surface area contributed by atoms with Crippen LogP contribution in [0, 0.1) is 40.4 Å². The van der Waals surface area contributed by atoms with Gasteiger partial charge in [0.25, 0.3) is 0 Å². The first-order chi connectivity index (χ1) is 18.5. The number of ether oxygens (including phenoxy) is 4. The van der Waals surface area contributed by atoms with E-state index in [1.165, 1.54) is 39.5 Å². The van der Waals surface area contributed by atoms with Gasteiger partial charge in [0.1, 0.15) is 12.2 Å². The van der Waals surface area contributed by atoms with Gasteiger partial charge in [0.2, 0.25) is 0 Å². The van der Waals surface area contributed by atoms with Crippen molar-refractivity contribution in [2.24, 2.45) is 40.4 Å². The van der Waals surface area contributed by atoms with Crippen LogP contribution >= 0.6 is 0 Å². The number of hydrogen-bond donors (Lipinski definition) is 2. The first-order valence-corrected chi connectivity index (χ1v) is 15.1. The highest BCUT2D eigenvalue weighted by Crippen LogP contribution is 2.67. The second-order valence-electron chi connectivity index (χ2n) is 13.4. The van der Waals surface area contributed by atoms with E-state index in [9.17, 15) is 19.8 Å². The first kappa shape index (κ1) is 29.0. The summed E-state index contributed by atoms with van der Waals surface area (Å²) >= 11 is 0. The van der Waals surface area contributed by atoms with Gasteiger partial charge in [-0.05, 0) is 99.7 Å². The smallest absolute Gasteiger partial charge is 0.303 e. The number of rotatable bonds is 6. The minimum absolute atomic E-state index is 0.0577. The predicted molar refractivity (Wildman–Crippen MR) is 143 cm³/mol.